The van der Waals surface area contributed by atoms with Crippen molar-refractivity contribution < 1.29 is 24.2 Å². The van der Waals surface area contributed by atoms with Gasteiger partial charge in [-0.05, 0) is 19.1 Å². The van der Waals surface area contributed by atoms with Crippen LogP contribution in [0.5, 0.6) is 11.5 Å². The smallest absolute Gasteiger partial charge is 0.305 e. The maximum Gasteiger partial charge on any atom is 0.305 e. The van der Waals surface area contributed by atoms with E-state index in [1.165, 1.54) is 0 Å². The number of thioether (sulfide) groups is 1. The number of ether oxygens (including phenoxy) is 2. The van der Waals surface area contributed by atoms with Crippen molar-refractivity contribution in [1.82, 2.24) is 4.90 Å². The number of hydrogen-bond acceptors (Lipinski definition) is 5. The van der Waals surface area contributed by atoms with E-state index >= 15 is 0 Å². The zero-order valence-electron chi connectivity index (χ0n) is 12.8. The van der Waals surface area contributed by atoms with Crippen LogP contribution in [-0.4, -0.2) is 58.2 Å². The Morgan fingerprint density at radius 3 is 2.70 bits per heavy atom. The van der Waals surface area contributed by atoms with E-state index in [0.29, 0.717) is 23.8 Å². The van der Waals surface area contributed by atoms with E-state index in [4.69, 9.17) is 14.6 Å². The first-order valence-electron chi connectivity index (χ1n) is 7.58. The zero-order chi connectivity index (χ0) is 16.4. The number of carboxylic acid groups (broad SMARTS) is 1. The summed E-state index contributed by atoms with van der Waals surface area (Å²) in [5, 5.41) is 9.05. The second-order valence-corrected chi connectivity index (χ2v) is 6.82. The van der Waals surface area contributed by atoms with Gasteiger partial charge in [-0.25, -0.2) is 0 Å². The minimum absolute atomic E-state index is 0.0444. The lowest BCUT2D eigenvalue weighted by Crippen LogP contribution is -2.56. The molecule has 1 N–H and O–H groups in total. The van der Waals surface area contributed by atoms with Crippen molar-refractivity contribution in [1.29, 1.82) is 0 Å². The minimum Gasteiger partial charge on any atom is -0.482 e. The fraction of sp³-hybridized carbons (Fsp3) is 0.500. The Morgan fingerprint density at radius 2 is 2.00 bits per heavy atom. The maximum absolute atomic E-state index is 12.9. The van der Waals surface area contributed by atoms with Gasteiger partial charge < -0.3 is 19.5 Å². The van der Waals surface area contributed by atoms with Gasteiger partial charge in [-0.15, -0.1) is 0 Å². The number of amides is 1. The summed E-state index contributed by atoms with van der Waals surface area (Å²) in [5.41, 5.74) is 0. The molecular formula is C16H19NO5S. The number of hydrogen-bond donors (Lipinski definition) is 1. The van der Waals surface area contributed by atoms with Crippen LogP contribution in [0.3, 0.4) is 0 Å². The Hall–Kier alpha value is -1.89. The third kappa shape index (κ3) is 3.39. The highest BCUT2D eigenvalue weighted by Crippen LogP contribution is 2.34. The molecular weight excluding hydrogens is 318 g/mol. The molecule has 3 atom stereocenters. The van der Waals surface area contributed by atoms with Crippen LogP contribution < -0.4 is 9.47 Å². The zero-order valence-corrected chi connectivity index (χ0v) is 13.6. The third-order valence-electron chi connectivity index (χ3n) is 4.01. The van der Waals surface area contributed by atoms with E-state index in [0.717, 1.165) is 5.75 Å². The molecule has 1 aromatic carbocycles. The Balaban J connectivity index is 1.77. The fourth-order valence-corrected chi connectivity index (χ4v) is 3.93. The standard InChI is InChI=1S/C16H19NO5S/c1-10-15(22-13-5-3-2-4-12(13)21-10)16(20)17-6-7-23-9-11(17)8-14(18)19/h2-5,10-11,15H,6-9H2,1H3,(H,18,19). The lowest BCUT2D eigenvalue weighted by Gasteiger charge is -2.39. The Bertz CT molecular complexity index is 608. The Labute approximate surface area is 138 Å². The number of carboxylic acids is 1. The van der Waals surface area contributed by atoms with Gasteiger partial charge in [-0.2, -0.15) is 11.8 Å². The summed E-state index contributed by atoms with van der Waals surface area (Å²) in [5.74, 6) is 1.52. The van der Waals surface area contributed by atoms with Crippen molar-refractivity contribution in [2.75, 3.05) is 18.1 Å². The fourth-order valence-electron chi connectivity index (χ4n) is 2.87. The van der Waals surface area contributed by atoms with Crippen molar-refractivity contribution in [3.8, 4) is 11.5 Å². The molecule has 0 spiro atoms. The molecule has 1 amide bonds. The summed E-state index contributed by atoms with van der Waals surface area (Å²) < 4.78 is 11.6. The van der Waals surface area contributed by atoms with Crippen LogP contribution in [0, 0.1) is 0 Å². The van der Waals surface area contributed by atoms with Gasteiger partial charge in [0.15, 0.2) is 11.5 Å². The lowest BCUT2D eigenvalue weighted by atomic mass is 10.1. The molecule has 0 bridgehead atoms. The first kappa shape index (κ1) is 16.0. The van der Waals surface area contributed by atoms with E-state index in [1.54, 1.807) is 35.7 Å². The van der Waals surface area contributed by atoms with E-state index in [-0.39, 0.29) is 18.4 Å². The van der Waals surface area contributed by atoms with Gasteiger partial charge in [0.05, 0.1) is 12.5 Å². The normalized spacial score (nSPS) is 26.7. The summed E-state index contributed by atoms with van der Waals surface area (Å²) >= 11 is 1.67. The number of aliphatic carboxylic acids is 1. The van der Waals surface area contributed by atoms with Crippen LogP contribution in [-0.2, 0) is 9.59 Å². The first-order valence-corrected chi connectivity index (χ1v) is 8.74. The molecule has 0 aromatic heterocycles. The monoisotopic (exact) mass is 337 g/mol. The van der Waals surface area contributed by atoms with Gasteiger partial charge in [-0.1, -0.05) is 12.1 Å². The number of para-hydroxylation sites is 2. The van der Waals surface area contributed by atoms with Crippen molar-refractivity contribution in [3.05, 3.63) is 24.3 Å². The summed E-state index contributed by atoms with van der Waals surface area (Å²) in [6.45, 7) is 2.33. The topological polar surface area (TPSA) is 76.1 Å². The first-order chi connectivity index (χ1) is 11.1. The van der Waals surface area contributed by atoms with Gasteiger partial charge in [0.2, 0.25) is 6.10 Å². The molecule has 2 aliphatic rings. The highest BCUT2D eigenvalue weighted by Gasteiger charge is 2.40. The summed E-state index contributed by atoms with van der Waals surface area (Å²) in [4.78, 5) is 25.6. The second-order valence-electron chi connectivity index (χ2n) is 5.67. The molecule has 1 fully saturated rings. The molecule has 2 aliphatic heterocycles. The highest BCUT2D eigenvalue weighted by molar-refractivity contribution is 7.99. The van der Waals surface area contributed by atoms with Gasteiger partial charge in [0.25, 0.3) is 5.91 Å². The molecule has 0 radical (unpaired) electrons. The Morgan fingerprint density at radius 1 is 1.30 bits per heavy atom. The van der Waals surface area contributed by atoms with Gasteiger partial charge in [0, 0.05) is 18.1 Å². The van der Waals surface area contributed by atoms with Gasteiger partial charge in [-0.3, -0.25) is 9.59 Å². The van der Waals surface area contributed by atoms with E-state index in [1.807, 2.05) is 12.1 Å². The van der Waals surface area contributed by atoms with E-state index in [2.05, 4.69) is 0 Å². The van der Waals surface area contributed by atoms with Gasteiger partial charge in [0.1, 0.15) is 6.10 Å². The van der Waals surface area contributed by atoms with Crippen molar-refractivity contribution in [2.45, 2.75) is 31.6 Å². The van der Waals surface area contributed by atoms with E-state index in [9.17, 15) is 9.59 Å². The molecule has 6 nitrogen and oxygen atoms in total. The van der Waals surface area contributed by atoms with E-state index < -0.39 is 18.2 Å². The SMILES string of the molecule is CC1Oc2ccccc2OC1C(=O)N1CCSCC1CC(=O)O. The van der Waals surface area contributed by atoms with Crippen LogP contribution in [0.4, 0.5) is 0 Å². The third-order valence-corrected chi connectivity index (χ3v) is 5.10. The lowest BCUT2D eigenvalue weighted by molar-refractivity contribution is -0.148. The predicted octanol–water partition coefficient (Wildman–Crippen LogP) is 1.63. The second kappa shape index (κ2) is 6.70. The molecule has 0 aliphatic carbocycles. The van der Waals surface area contributed by atoms with Gasteiger partial charge >= 0.3 is 5.97 Å². The van der Waals surface area contributed by atoms with Crippen LogP contribution in [0.2, 0.25) is 0 Å². The molecule has 1 saturated heterocycles. The highest BCUT2D eigenvalue weighted by atomic mass is 32.2. The molecule has 2 heterocycles. The number of benzene rings is 1. The summed E-state index contributed by atoms with van der Waals surface area (Å²) in [6, 6.07) is 6.94. The molecule has 0 saturated carbocycles. The molecule has 1 aromatic rings. The summed E-state index contributed by atoms with van der Waals surface area (Å²) in [7, 11) is 0. The quantitative estimate of drug-likeness (QED) is 0.903. The number of fused-ring (bicyclic) bond motifs is 1. The molecule has 124 valence electrons. The number of carbonyl (C=O) groups excluding carboxylic acids is 1. The van der Waals surface area contributed by atoms with Crippen molar-refractivity contribution in [3.63, 3.8) is 0 Å². The number of nitrogens with zero attached hydrogens (tertiary/aromatic N) is 1. The molecule has 7 heteroatoms. The molecule has 23 heavy (non-hydrogen) atoms. The largest absolute Gasteiger partial charge is 0.482 e. The molecule has 3 unspecified atom stereocenters. The predicted molar refractivity (Wildman–Crippen MR) is 86.0 cm³/mol. The Kier molecular flexibility index (Phi) is 4.66. The average molecular weight is 337 g/mol. The summed E-state index contributed by atoms with van der Waals surface area (Å²) in [6.07, 6.45) is -1.21. The van der Waals surface area contributed by atoms with Crippen LogP contribution in [0.15, 0.2) is 24.3 Å². The van der Waals surface area contributed by atoms with Crippen molar-refractivity contribution >= 4 is 23.6 Å². The number of rotatable bonds is 3. The minimum atomic E-state index is -0.894. The average Bonchev–Trinajstić information content (AvgIpc) is 2.53. The molecule has 3 rings (SSSR count). The van der Waals surface area contributed by atoms with Crippen LogP contribution >= 0.6 is 11.8 Å². The van der Waals surface area contributed by atoms with Crippen molar-refractivity contribution in [2.24, 2.45) is 0 Å². The van der Waals surface area contributed by atoms with Crippen LogP contribution in [0.25, 0.3) is 0 Å². The maximum atomic E-state index is 12.9. The van der Waals surface area contributed by atoms with Crippen LogP contribution in [0.1, 0.15) is 13.3 Å². The number of carbonyl (C=O) groups is 2.